The molecule has 0 radical (unpaired) electrons. The molecular weight excluding hydrogens is 603 g/mol. The van der Waals surface area contributed by atoms with Crippen molar-refractivity contribution in [2.24, 2.45) is 10.9 Å². The number of carbonyl (C=O) groups excluding carboxylic acids is 2. The van der Waals surface area contributed by atoms with Crippen molar-refractivity contribution in [2.45, 2.75) is 51.2 Å². The lowest BCUT2D eigenvalue weighted by atomic mass is 9.81. The van der Waals surface area contributed by atoms with Crippen LogP contribution in [0.1, 0.15) is 50.8 Å². The van der Waals surface area contributed by atoms with Gasteiger partial charge in [0, 0.05) is 43.4 Å². The number of fused-ring (bicyclic) bond motifs is 1. The first-order chi connectivity index (χ1) is 20.5. The summed E-state index contributed by atoms with van der Waals surface area (Å²) in [6.45, 7) is 10.00. The second kappa shape index (κ2) is 11.7. The van der Waals surface area contributed by atoms with Crippen LogP contribution in [-0.4, -0.2) is 82.4 Å². The molecule has 0 aliphatic carbocycles. The van der Waals surface area contributed by atoms with Crippen LogP contribution in [0.3, 0.4) is 0 Å². The maximum absolute atomic E-state index is 14.4. The van der Waals surface area contributed by atoms with E-state index in [0.717, 1.165) is 41.5 Å². The fourth-order valence-electron chi connectivity index (χ4n) is 6.77. The van der Waals surface area contributed by atoms with Gasteiger partial charge in [0.2, 0.25) is 5.91 Å². The number of likely N-dealkylation sites (N-methyl/N-ethyl adjacent to an activating group) is 1. The molecule has 43 heavy (non-hydrogen) atoms. The first kappa shape index (κ1) is 30.3. The highest BCUT2D eigenvalue weighted by Gasteiger charge is 2.54. The van der Waals surface area contributed by atoms with E-state index in [-0.39, 0.29) is 23.8 Å². The highest BCUT2D eigenvalue weighted by Crippen LogP contribution is 2.56. The highest BCUT2D eigenvalue weighted by molar-refractivity contribution is 8.18. The van der Waals surface area contributed by atoms with Crippen LogP contribution >= 0.6 is 35.0 Å². The van der Waals surface area contributed by atoms with E-state index in [0.29, 0.717) is 46.7 Å². The van der Waals surface area contributed by atoms with Crippen molar-refractivity contribution in [1.82, 2.24) is 19.6 Å². The summed E-state index contributed by atoms with van der Waals surface area (Å²) in [5.41, 5.74) is 8.93. The van der Waals surface area contributed by atoms with Crippen LogP contribution in [0.5, 0.6) is 0 Å². The molecule has 2 amide bonds. The van der Waals surface area contributed by atoms with Crippen molar-refractivity contribution >= 4 is 57.6 Å². The van der Waals surface area contributed by atoms with Crippen LogP contribution in [0.2, 0.25) is 10.0 Å². The van der Waals surface area contributed by atoms with Gasteiger partial charge in [-0.25, -0.2) is 4.99 Å². The molecule has 2 fully saturated rings. The second-order valence-corrected chi connectivity index (χ2v) is 14.2. The predicted molar refractivity (Wildman–Crippen MR) is 175 cm³/mol. The summed E-state index contributed by atoms with van der Waals surface area (Å²) in [6, 6.07) is 12.8. The normalized spacial score (nSPS) is 26.0. The number of benzene rings is 2. The fraction of sp³-hybridized carbons (Fsp3) is 0.469. The number of piperazine rings is 1. The summed E-state index contributed by atoms with van der Waals surface area (Å²) >= 11 is 14.0. The Labute approximate surface area is 267 Å². The highest BCUT2D eigenvalue weighted by atomic mass is 35.5. The molecule has 2 aromatic rings. The Morgan fingerprint density at radius 3 is 2.40 bits per heavy atom. The Morgan fingerprint density at radius 1 is 1.05 bits per heavy atom. The molecule has 11 heteroatoms. The third kappa shape index (κ3) is 5.32. The molecule has 4 aliphatic rings. The molecule has 0 bridgehead atoms. The Kier molecular flexibility index (Phi) is 8.21. The summed E-state index contributed by atoms with van der Waals surface area (Å²) in [6.07, 6.45) is 1.51. The number of likely N-dealkylation sites (tertiary alicyclic amines) is 1. The zero-order valence-corrected chi connectivity index (χ0v) is 27.3. The van der Waals surface area contributed by atoms with Crippen molar-refractivity contribution < 1.29 is 9.59 Å². The fourth-order valence-corrected chi connectivity index (χ4v) is 8.38. The van der Waals surface area contributed by atoms with Gasteiger partial charge in [-0.2, -0.15) is 0 Å². The van der Waals surface area contributed by atoms with Crippen LogP contribution < -0.4 is 5.73 Å². The number of amides is 2. The lowest BCUT2D eigenvalue weighted by Crippen LogP contribution is -2.53. The predicted octanol–water partition coefficient (Wildman–Crippen LogP) is 5.58. The second-order valence-electron chi connectivity index (χ2n) is 12.4. The summed E-state index contributed by atoms with van der Waals surface area (Å²) in [7, 11) is 2.07. The summed E-state index contributed by atoms with van der Waals surface area (Å²) < 4.78 is 0. The number of halogens is 2. The van der Waals surface area contributed by atoms with E-state index in [2.05, 4.69) is 37.6 Å². The molecule has 8 nitrogen and oxygen atoms in total. The van der Waals surface area contributed by atoms with E-state index in [1.54, 1.807) is 0 Å². The Bertz CT molecular complexity index is 1500. The molecule has 4 aliphatic heterocycles. The third-order valence-electron chi connectivity index (χ3n) is 9.13. The number of thioether (sulfide) groups is 1. The minimum atomic E-state index is -0.711. The lowest BCUT2D eigenvalue weighted by Gasteiger charge is -2.37. The number of nitrogen functional groups attached to an aromatic ring is 1. The van der Waals surface area contributed by atoms with Gasteiger partial charge < -0.3 is 25.3 Å². The number of anilines is 1. The number of carbonyl (C=O) groups is 2. The van der Waals surface area contributed by atoms with Crippen LogP contribution in [0, 0.1) is 5.92 Å². The molecule has 0 unspecified atom stereocenters. The molecule has 2 aromatic carbocycles. The number of nitrogens with zero attached hydrogens (tertiary/aromatic N) is 5. The van der Waals surface area contributed by atoms with E-state index >= 15 is 0 Å². The largest absolute Gasteiger partial charge is 0.398 e. The van der Waals surface area contributed by atoms with Gasteiger partial charge in [-0.05, 0) is 79.9 Å². The standard InChI is InChI=1S/C32H38Cl2N6O2S/c1-19(2)26-27(30(42)39-13-5-6-25(39)29(41)38-16-14-37(4)15-17-38)43-31-36-32(3,21-9-12-23(34)24(35)18-21)28(40(26)31)20-7-10-22(33)11-8-20/h7-12,18-19,25,28H,5-6,13-17,35H2,1-4H3/t25-,28+,32-/m0/s1. The van der Waals surface area contributed by atoms with Crippen molar-refractivity contribution in [3.05, 3.63) is 74.2 Å². The number of rotatable bonds is 5. The number of hydrogen-bond donors (Lipinski definition) is 1. The van der Waals surface area contributed by atoms with E-state index in [9.17, 15) is 9.59 Å². The van der Waals surface area contributed by atoms with Gasteiger partial charge in [-0.15, -0.1) is 0 Å². The number of amidine groups is 1. The molecule has 0 spiro atoms. The van der Waals surface area contributed by atoms with Gasteiger partial charge in [-0.3, -0.25) is 9.59 Å². The summed E-state index contributed by atoms with van der Waals surface area (Å²) in [5.74, 6) is 0.0162. The van der Waals surface area contributed by atoms with E-state index in [1.807, 2.05) is 52.3 Å². The number of hydrogen-bond acceptors (Lipinski definition) is 7. The number of allylic oxidation sites excluding steroid dienone is 1. The molecule has 4 heterocycles. The summed E-state index contributed by atoms with van der Waals surface area (Å²) in [5, 5.41) is 1.92. The SMILES string of the molecule is CC(C)C1=C(C(=O)N2CCC[C@H]2C(=O)N2CCN(C)CC2)SC2=N[C@@](C)(c3ccc(Cl)c(N)c3)[C@@H](c3ccc(Cl)cc3)N21. The van der Waals surface area contributed by atoms with Crippen molar-refractivity contribution in [2.75, 3.05) is 45.5 Å². The minimum absolute atomic E-state index is 0.0287. The van der Waals surface area contributed by atoms with Gasteiger partial charge in [0.1, 0.15) is 16.5 Å². The maximum atomic E-state index is 14.4. The van der Waals surface area contributed by atoms with E-state index in [4.69, 9.17) is 33.9 Å². The molecule has 6 rings (SSSR count). The first-order valence-electron chi connectivity index (χ1n) is 14.9. The lowest BCUT2D eigenvalue weighted by molar-refractivity contribution is -0.143. The Balaban J connectivity index is 1.38. The van der Waals surface area contributed by atoms with Gasteiger partial charge in [0.05, 0.1) is 16.8 Å². The average molecular weight is 642 g/mol. The van der Waals surface area contributed by atoms with Crippen molar-refractivity contribution in [3.8, 4) is 0 Å². The average Bonchev–Trinajstić information content (AvgIpc) is 3.67. The van der Waals surface area contributed by atoms with Gasteiger partial charge in [0.15, 0.2) is 5.17 Å². The summed E-state index contributed by atoms with van der Waals surface area (Å²) in [4.78, 5) is 42.2. The molecular formula is C32H38Cl2N6O2S. The van der Waals surface area contributed by atoms with Gasteiger partial charge >= 0.3 is 0 Å². The molecule has 2 N–H and O–H groups in total. The number of aliphatic imine (C=N–C) groups is 1. The third-order valence-corrected chi connectivity index (χ3v) is 10.8. The van der Waals surface area contributed by atoms with Crippen molar-refractivity contribution in [1.29, 1.82) is 0 Å². The van der Waals surface area contributed by atoms with Crippen LogP contribution in [-0.2, 0) is 15.1 Å². The Morgan fingerprint density at radius 2 is 1.74 bits per heavy atom. The Hall–Kier alpha value is -2.72. The van der Waals surface area contributed by atoms with Crippen LogP contribution in [0.15, 0.2) is 58.1 Å². The molecule has 0 saturated carbocycles. The topological polar surface area (TPSA) is 85.5 Å². The van der Waals surface area contributed by atoms with Crippen LogP contribution in [0.25, 0.3) is 0 Å². The number of nitrogens with two attached hydrogens (primary N) is 1. The molecule has 2 saturated heterocycles. The smallest absolute Gasteiger partial charge is 0.263 e. The first-order valence-corrected chi connectivity index (χ1v) is 16.5. The molecule has 0 aromatic heterocycles. The zero-order valence-electron chi connectivity index (χ0n) is 25.0. The molecule has 228 valence electrons. The molecule has 3 atom stereocenters. The maximum Gasteiger partial charge on any atom is 0.263 e. The minimum Gasteiger partial charge on any atom is -0.398 e. The van der Waals surface area contributed by atoms with Gasteiger partial charge in [0.25, 0.3) is 5.91 Å². The van der Waals surface area contributed by atoms with E-state index < -0.39 is 11.6 Å². The quantitative estimate of drug-likeness (QED) is 0.429. The zero-order chi connectivity index (χ0) is 30.6. The van der Waals surface area contributed by atoms with Gasteiger partial charge in [-0.1, -0.05) is 55.2 Å². The monoisotopic (exact) mass is 640 g/mol. The van der Waals surface area contributed by atoms with Crippen molar-refractivity contribution in [3.63, 3.8) is 0 Å². The van der Waals surface area contributed by atoms with E-state index in [1.165, 1.54) is 11.8 Å². The van der Waals surface area contributed by atoms with Crippen LogP contribution in [0.4, 0.5) is 5.69 Å².